The summed E-state index contributed by atoms with van der Waals surface area (Å²) >= 11 is 0. The normalized spacial score (nSPS) is 19.7. The molecule has 0 saturated carbocycles. The monoisotopic (exact) mass is 779 g/mol. The minimum Gasteiger partial charge on any atom is -0.467 e. The molecule has 22 heteroatoms. The first-order chi connectivity index (χ1) is 25.7. The van der Waals surface area contributed by atoms with E-state index < -0.39 is 106 Å². The van der Waals surface area contributed by atoms with E-state index in [2.05, 4.69) is 5.32 Å². The number of nitro benzene ring substituents is 2. The second kappa shape index (κ2) is 18.4. The Morgan fingerprint density at radius 3 is 1.95 bits per heavy atom. The molecule has 0 aromatic heterocycles. The van der Waals surface area contributed by atoms with E-state index in [1.165, 1.54) is 6.07 Å². The number of nitrogens with zero attached hydrogens (tertiary/aromatic N) is 2. The number of alkyl carbamates (subject to hydrolysis) is 1. The van der Waals surface area contributed by atoms with E-state index in [0.717, 1.165) is 64.3 Å². The van der Waals surface area contributed by atoms with Gasteiger partial charge < -0.3 is 47.9 Å². The fourth-order valence-corrected chi connectivity index (χ4v) is 4.87. The number of hydrogen-bond donors (Lipinski definition) is 1. The number of hydrogen-bond acceptors (Lipinski definition) is 19. The van der Waals surface area contributed by atoms with Crippen LogP contribution in [-0.2, 0) is 52.3 Å². The van der Waals surface area contributed by atoms with E-state index in [-0.39, 0.29) is 17.0 Å². The summed E-state index contributed by atoms with van der Waals surface area (Å²) in [6, 6.07) is 7.44. The maximum atomic E-state index is 12.8. The van der Waals surface area contributed by atoms with Gasteiger partial charge in [0.25, 0.3) is 5.69 Å². The molecular weight excluding hydrogens is 742 g/mol. The fourth-order valence-electron chi connectivity index (χ4n) is 4.87. The van der Waals surface area contributed by atoms with Crippen molar-refractivity contribution in [1.29, 1.82) is 0 Å². The number of benzene rings is 2. The van der Waals surface area contributed by atoms with E-state index in [0.29, 0.717) is 0 Å². The first-order valence-corrected chi connectivity index (χ1v) is 16.0. The maximum Gasteiger partial charge on any atom is 0.514 e. The van der Waals surface area contributed by atoms with Gasteiger partial charge in [-0.05, 0) is 39.0 Å². The van der Waals surface area contributed by atoms with E-state index in [1.807, 2.05) is 0 Å². The molecule has 2 aromatic rings. The van der Waals surface area contributed by atoms with Gasteiger partial charge in [-0.3, -0.25) is 34.6 Å². The average molecular weight is 780 g/mol. The number of rotatable bonds is 13. The molecular formula is C33H37N3O19. The molecule has 55 heavy (non-hydrogen) atoms. The van der Waals surface area contributed by atoms with Gasteiger partial charge in [0.2, 0.25) is 12.4 Å². The largest absolute Gasteiger partial charge is 0.514 e. The standard InChI is InChI=1S/C33H37N3O19/c1-16(37)48-25-26(49-17(2)38)28(50-18(3)39)30(54-27(25)29(40)47-7)52-23-13-8-19(14-22(23)36(45)46)24(15-34-31(41)55-33(4,5)6)53-32(42)51-21-11-9-20(10-12-21)35(43)44/h8-14,24-28,30H,15H2,1-7H3,(H,34,41)/t24-,25+,26+,27+,28-,30-/m1/s1. The molecule has 298 valence electrons. The number of ether oxygens (including phenoxy) is 9. The number of methoxy groups -OCH3 is 1. The molecule has 0 aliphatic carbocycles. The summed E-state index contributed by atoms with van der Waals surface area (Å²) in [5, 5.41) is 25.7. The Morgan fingerprint density at radius 1 is 0.836 bits per heavy atom. The topological polar surface area (TPSA) is 284 Å². The van der Waals surface area contributed by atoms with Crippen LogP contribution in [0.1, 0.15) is 53.2 Å². The van der Waals surface area contributed by atoms with Crippen LogP contribution in [0.2, 0.25) is 0 Å². The highest BCUT2D eigenvalue weighted by atomic mass is 16.7. The van der Waals surface area contributed by atoms with Gasteiger partial charge in [0.1, 0.15) is 17.5 Å². The molecule has 1 fully saturated rings. The van der Waals surface area contributed by atoms with Gasteiger partial charge in [0.15, 0.2) is 24.1 Å². The Labute approximate surface area is 311 Å². The summed E-state index contributed by atoms with van der Waals surface area (Å²) in [5.41, 5.74) is -2.16. The Kier molecular flexibility index (Phi) is 14.4. The predicted octanol–water partition coefficient (Wildman–Crippen LogP) is 3.36. The fraction of sp³-hybridized carbons (Fsp3) is 0.455. The Hall–Kier alpha value is -6.58. The molecule has 1 N–H and O–H groups in total. The third-order valence-electron chi connectivity index (χ3n) is 6.95. The third-order valence-corrected chi connectivity index (χ3v) is 6.95. The summed E-state index contributed by atoms with van der Waals surface area (Å²) in [7, 11) is 0.965. The van der Waals surface area contributed by atoms with Gasteiger partial charge in [0.05, 0.1) is 23.5 Å². The molecule has 22 nitrogen and oxygen atoms in total. The molecule has 1 amide bonds. The third kappa shape index (κ3) is 12.5. The van der Waals surface area contributed by atoms with Gasteiger partial charge in [-0.25, -0.2) is 14.4 Å². The van der Waals surface area contributed by atoms with Crippen LogP contribution in [0.15, 0.2) is 42.5 Å². The van der Waals surface area contributed by atoms with Crippen LogP contribution in [0.25, 0.3) is 0 Å². The zero-order valence-electron chi connectivity index (χ0n) is 30.4. The van der Waals surface area contributed by atoms with Gasteiger partial charge >= 0.3 is 41.8 Å². The van der Waals surface area contributed by atoms with Crippen molar-refractivity contribution >= 4 is 47.5 Å². The lowest BCUT2D eigenvalue weighted by atomic mass is 9.97. The Bertz CT molecular complexity index is 1790. The average Bonchev–Trinajstić information content (AvgIpc) is 3.07. The minimum absolute atomic E-state index is 0.114. The first kappa shape index (κ1) is 42.8. The summed E-state index contributed by atoms with van der Waals surface area (Å²) in [6.45, 7) is 7.15. The van der Waals surface area contributed by atoms with Crippen LogP contribution in [-0.4, -0.2) is 95.9 Å². The summed E-state index contributed by atoms with van der Waals surface area (Å²) in [5.74, 6) is -4.81. The molecule has 1 heterocycles. The van der Waals surface area contributed by atoms with Gasteiger partial charge in [-0.2, -0.15) is 0 Å². The number of nitrogens with one attached hydrogen (secondary N) is 1. The van der Waals surface area contributed by atoms with Crippen molar-refractivity contribution in [2.45, 2.75) is 84.0 Å². The maximum absolute atomic E-state index is 12.8. The van der Waals surface area contributed by atoms with Crippen LogP contribution in [0.4, 0.5) is 21.0 Å². The SMILES string of the molecule is COC(=O)[C@H]1O[C@@H](Oc2ccc([C@@H](CNC(=O)OC(C)(C)C)OC(=O)Oc3ccc([N+](=O)[O-])cc3)cc2[N+](=O)[O-])[C@H](OC(C)=O)[C@@H](OC(C)=O)[C@@H]1OC(C)=O. The summed E-state index contributed by atoms with van der Waals surface area (Å²) in [6.07, 6.45) is -12.9. The second-order valence-electron chi connectivity index (χ2n) is 12.4. The predicted molar refractivity (Wildman–Crippen MR) is 178 cm³/mol. The van der Waals surface area contributed by atoms with Crippen molar-refractivity contribution in [2.75, 3.05) is 13.7 Å². The van der Waals surface area contributed by atoms with Crippen molar-refractivity contribution in [3.8, 4) is 11.5 Å². The molecule has 0 bridgehead atoms. The Morgan fingerprint density at radius 2 is 1.42 bits per heavy atom. The van der Waals surface area contributed by atoms with E-state index >= 15 is 0 Å². The number of carbonyl (C=O) groups excluding carboxylic acids is 6. The number of nitro groups is 2. The van der Waals surface area contributed by atoms with Crippen molar-refractivity contribution in [1.82, 2.24) is 5.32 Å². The highest BCUT2D eigenvalue weighted by Crippen LogP contribution is 2.36. The second-order valence-corrected chi connectivity index (χ2v) is 12.4. The zero-order valence-corrected chi connectivity index (χ0v) is 30.4. The van der Waals surface area contributed by atoms with Crippen LogP contribution in [0.5, 0.6) is 11.5 Å². The molecule has 0 unspecified atom stereocenters. The van der Waals surface area contributed by atoms with Crippen LogP contribution >= 0.6 is 0 Å². The lowest BCUT2D eigenvalue weighted by Crippen LogP contribution is -2.64. The van der Waals surface area contributed by atoms with Crippen molar-refractivity contribution in [2.24, 2.45) is 0 Å². The molecule has 1 aliphatic heterocycles. The highest BCUT2D eigenvalue weighted by Gasteiger charge is 2.56. The van der Waals surface area contributed by atoms with Crippen LogP contribution < -0.4 is 14.8 Å². The first-order valence-electron chi connectivity index (χ1n) is 16.0. The molecule has 3 rings (SSSR count). The van der Waals surface area contributed by atoms with Gasteiger partial charge in [0, 0.05) is 44.5 Å². The van der Waals surface area contributed by atoms with Crippen LogP contribution in [0, 0.1) is 20.2 Å². The smallest absolute Gasteiger partial charge is 0.467 e. The van der Waals surface area contributed by atoms with Crippen molar-refractivity contribution in [3.63, 3.8) is 0 Å². The quantitative estimate of drug-likeness (QED) is 0.100. The molecule has 1 saturated heterocycles. The molecule has 0 spiro atoms. The lowest BCUT2D eigenvalue weighted by molar-refractivity contribution is -0.387. The van der Waals surface area contributed by atoms with E-state index in [4.69, 9.17) is 42.6 Å². The van der Waals surface area contributed by atoms with Crippen molar-refractivity contribution < 1.29 is 81.2 Å². The zero-order chi connectivity index (χ0) is 41.2. The summed E-state index contributed by atoms with van der Waals surface area (Å²) < 4.78 is 47.6. The minimum atomic E-state index is -1.95. The molecule has 6 atom stereocenters. The van der Waals surface area contributed by atoms with Gasteiger partial charge in [-0.15, -0.1) is 0 Å². The molecule has 1 aliphatic rings. The molecule has 2 aromatic carbocycles. The Balaban J connectivity index is 2.03. The number of carbonyl (C=O) groups is 6. The number of esters is 4. The van der Waals surface area contributed by atoms with Gasteiger partial charge in [-0.1, -0.05) is 6.07 Å². The number of non-ortho nitro benzene ring substituents is 1. The summed E-state index contributed by atoms with van der Waals surface area (Å²) in [4.78, 5) is 96.1. The lowest BCUT2D eigenvalue weighted by Gasteiger charge is -2.43. The molecule has 0 radical (unpaired) electrons. The van der Waals surface area contributed by atoms with Crippen LogP contribution in [0.3, 0.4) is 0 Å². The number of amides is 1. The van der Waals surface area contributed by atoms with Crippen molar-refractivity contribution in [3.05, 3.63) is 68.3 Å². The highest BCUT2D eigenvalue weighted by molar-refractivity contribution is 5.77. The van der Waals surface area contributed by atoms with E-state index in [1.54, 1.807) is 20.8 Å². The van der Waals surface area contributed by atoms with E-state index in [9.17, 15) is 49.0 Å².